The fraction of sp³-hybridized carbons (Fsp3) is 0.333. The molecule has 1 fully saturated rings. The number of rotatable bonds is 2. The largest absolute Gasteiger partial charge is 0.468 e. The van der Waals surface area contributed by atoms with Gasteiger partial charge in [0.15, 0.2) is 0 Å². The van der Waals surface area contributed by atoms with E-state index in [1.54, 1.807) is 12.1 Å². The normalized spacial score (nSPS) is 16.5. The number of carbonyl (C=O) groups is 1. The minimum absolute atomic E-state index is 0.174. The van der Waals surface area contributed by atoms with Crippen molar-refractivity contribution in [2.45, 2.75) is 18.3 Å². The number of nitrogens with zero attached hydrogens (tertiary/aromatic N) is 1. The maximum Gasteiger partial charge on any atom is 0.316 e. The van der Waals surface area contributed by atoms with E-state index in [0.29, 0.717) is 5.56 Å². The minimum atomic E-state index is -0.428. The van der Waals surface area contributed by atoms with Crippen LogP contribution >= 0.6 is 0 Å². The van der Waals surface area contributed by atoms with Gasteiger partial charge in [0.25, 0.3) is 0 Å². The molecule has 0 aromatic heterocycles. The Bertz CT molecular complexity index is 424. The van der Waals surface area contributed by atoms with Gasteiger partial charge < -0.3 is 4.74 Å². The summed E-state index contributed by atoms with van der Waals surface area (Å²) in [6.45, 7) is 0. The van der Waals surface area contributed by atoms with Gasteiger partial charge in [-0.1, -0.05) is 12.1 Å². The first-order valence-electron chi connectivity index (χ1n) is 4.82. The van der Waals surface area contributed by atoms with Gasteiger partial charge in [-0.2, -0.15) is 5.26 Å². The highest BCUT2D eigenvalue weighted by Crippen LogP contribution is 2.49. The number of carbonyl (C=O) groups excluding carboxylic acids is 1. The zero-order valence-corrected chi connectivity index (χ0v) is 8.49. The van der Waals surface area contributed by atoms with E-state index in [-0.39, 0.29) is 5.97 Å². The van der Waals surface area contributed by atoms with Gasteiger partial charge in [-0.25, -0.2) is 0 Å². The zero-order valence-electron chi connectivity index (χ0n) is 8.49. The molecule has 0 bridgehead atoms. The quantitative estimate of drug-likeness (QED) is 0.685. The third-order valence-corrected chi connectivity index (χ3v) is 2.89. The summed E-state index contributed by atoms with van der Waals surface area (Å²) in [7, 11) is 1.41. The molecule has 1 aromatic rings. The summed E-state index contributed by atoms with van der Waals surface area (Å²) in [5.74, 6) is -0.174. The van der Waals surface area contributed by atoms with Crippen molar-refractivity contribution in [2.24, 2.45) is 0 Å². The van der Waals surface area contributed by atoms with Crippen molar-refractivity contribution in [2.75, 3.05) is 7.11 Å². The molecule has 0 radical (unpaired) electrons. The Morgan fingerprint density at radius 2 is 2.00 bits per heavy atom. The van der Waals surface area contributed by atoms with Crippen LogP contribution in [0.25, 0.3) is 0 Å². The third-order valence-electron chi connectivity index (χ3n) is 2.89. The monoisotopic (exact) mass is 201 g/mol. The van der Waals surface area contributed by atoms with Crippen molar-refractivity contribution in [1.29, 1.82) is 5.26 Å². The minimum Gasteiger partial charge on any atom is -0.468 e. The summed E-state index contributed by atoms with van der Waals surface area (Å²) in [4.78, 5) is 11.6. The number of hydrogen-bond acceptors (Lipinski definition) is 3. The average molecular weight is 201 g/mol. The van der Waals surface area contributed by atoms with Gasteiger partial charge in [-0.15, -0.1) is 0 Å². The molecule has 0 atom stereocenters. The Balaban J connectivity index is 2.31. The van der Waals surface area contributed by atoms with Gasteiger partial charge in [0.1, 0.15) is 0 Å². The van der Waals surface area contributed by atoms with Gasteiger partial charge in [0.2, 0.25) is 0 Å². The lowest BCUT2D eigenvalue weighted by atomic mass is 9.95. The molecular formula is C12H11NO2. The lowest BCUT2D eigenvalue weighted by molar-refractivity contribution is -0.143. The number of hydrogen-bond donors (Lipinski definition) is 0. The Kier molecular flexibility index (Phi) is 2.20. The molecule has 3 heteroatoms. The van der Waals surface area contributed by atoms with Crippen LogP contribution in [0.2, 0.25) is 0 Å². The highest BCUT2D eigenvalue weighted by atomic mass is 16.5. The number of esters is 1. The number of nitriles is 1. The van der Waals surface area contributed by atoms with Crippen LogP contribution in [0.5, 0.6) is 0 Å². The molecule has 1 aliphatic carbocycles. The molecule has 1 aromatic carbocycles. The predicted octanol–water partition coefficient (Wildman–Crippen LogP) is 1.76. The fourth-order valence-electron chi connectivity index (χ4n) is 1.79. The van der Waals surface area contributed by atoms with E-state index < -0.39 is 5.41 Å². The van der Waals surface area contributed by atoms with Crippen LogP contribution in [0.4, 0.5) is 0 Å². The Hall–Kier alpha value is -1.82. The summed E-state index contributed by atoms with van der Waals surface area (Å²) in [5, 5.41) is 8.66. The van der Waals surface area contributed by atoms with E-state index in [4.69, 9.17) is 10.00 Å². The maximum absolute atomic E-state index is 11.6. The molecule has 2 rings (SSSR count). The molecule has 76 valence electrons. The average Bonchev–Trinajstić information content (AvgIpc) is 3.09. The predicted molar refractivity (Wildman–Crippen MR) is 54.1 cm³/mol. The van der Waals surface area contributed by atoms with Crippen molar-refractivity contribution < 1.29 is 9.53 Å². The molecule has 1 saturated carbocycles. The molecule has 0 unspecified atom stereocenters. The van der Waals surface area contributed by atoms with Crippen molar-refractivity contribution in [3.63, 3.8) is 0 Å². The van der Waals surface area contributed by atoms with Crippen molar-refractivity contribution in [1.82, 2.24) is 0 Å². The van der Waals surface area contributed by atoms with Gasteiger partial charge in [0.05, 0.1) is 24.2 Å². The number of methoxy groups -OCH3 is 1. The summed E-state index contributed by atoms with van der Waals surface area (Å²) < 4.78 is 4.78. The standard InChI is InChI=1S/C12H11NO2/c1-15-11(14)12(6-7-12)10-4-2-9(8-13)3-5-10/h2-5H,6-7H2,1H3. The van der Waals surface area contributed by atoms with Crippen LogP contribution in [0.1, 0.15) is 24.0 Å². The topological polar surface area (TPSA) is 50.1 Å². The van der Waals surface area contributed by atoms with Gasteiger partial charge in [-0.3, -0.25) is 4.79 Å². The summed E-state index contributed by atoms with van der Waals surface area (Å²) in [5.41, 5.74) is 1.13. The molecule has 15 heavy (non-hydrogen) atoms. The molecule has 3 nitrogen and oxygen atoms in total. The van der Waals surface area contributed by atoms with E-state index in [9.17, 15) is 4.79 Å². The smallest absolute Gasteiger partial charge is 0.316 e. The highest BCUT2D eigenvalue weighted by Gasteiger charge is 2.52. The van der Waals surface area contributed by atoms with Crippen molar-refractivity contribution in [3.8, 4) is 6.07 Å². The van der Waals surface area contributed by atoms with E-state index in [1.807, 2.05) is 12.1 Å². The first kappa shape index (κ1) is 9.72. The van der Waals surface area contributed by atoms with E-state index in [1.165, 1.54) is 7.11 Å². The second-order valence-electron chi connectivity index (χ2n) is 3.76. The number of benzene rings is 1. The van der Waals surface area contributed by atoms with Crippen LogP contribution in [-0.4, -0.2) is 13.1 Å². The van der Waals surface area contributed by atoms with E-state index in [2.05, 4.69) is 6.07 Å². The van der Waals surface area contributed by atoms with E-state index in [0.717, 1.165) is 18.4 Å². The Morgan fingerprint density at radius 3 is 2.40 bits per heavy atom. The second-order valence-corrected chi connectivity index (χ2v) is 3.76. The van der Waals surface area contributed by atoms with Crippen molar-refractivity contribution >= 4 is 5.97 Å². The second kappa shape index (κ2) is 3.39. The molecule has 0 N–H and O–H groups in total. The van der Waals surface area contributed by atoms with Gasteiger partial charge in [-0.05, 0) is 30.5 Å². The molecule has 0 saturated heterocycles. The zero-order chi connectivity index (χ0) is 10.9. The Morgan fingerprint density at radius 1 is 1.40 bits per heavy atom. The first-order valence-corrected chi connectivity index (χ1v) is 4.82. The SMILES string of the molecule is COC(=O)C1(c2ccc(C#N)cc2)CC1. The van der Waals surface area contributed by atoms with Gasteiger partial charge >= 0.3 is 5.97 Å². The van der Waals surface area contributed by atoms with Crippen LogP contribution in [0, 0.1) is 11.3 Å². The summed E-state index contributed by atoms with van der Waals surface area (Å²) >= 11 is 0. The molecule has 0 heterocycles. The van der Waals surface area contributed by atoms with Crippen LogP contribution in [0.15, 0.2) is 24.3 Å². The maximum atomic E-state index is 11.6. The van der Waals surface area contributed by atoms with Crippen LogP contribution in [-0.2, 0) is 14.9 Å². The molecular weight excluding hydrogens is 190 g/mol. The van der Waals surface area contributed by atoms with Gasteiger partial charge in [0, 0.05) is 0 Å². The third kappa shape index (κ3) is 1.48. The van der Waals surface area contributed by atoms with Crippen LogP contribution in [0.3, 0.4) is 0 Å². The highest BCUT2D eigenvalue weighted by molar-refractivity contribution is 5.86. The van der Waals surface area contributed by atoms with Crippen molar-refractivity contribution in [3.05, 3.63) is 35.4 Å². The summed E-state index contributed by atoms with van der Waals surface area (Å²) in [6, 6.07) is 9.19. The lowest BCUT2D eigenvalue weighted by Gasteiger charge is -2.12. The molecule has 0 amide bonds. The fourth-order valence-corrected chi connectivity index (χ4v) is 1.79. The van der Waals surface area contributed by atoms with Crippen LogP contribution < -0.4 is 0 Å². The molecule has 1 aliphatic rings. The molecule has 0 aliphatic heterocycles. The Labute approximate surface area is 88.3 Å². The van der Waals surface area contributed by atoms with E-state index >= 15 is 0 Å². The first-order chi connectivity index (χ1) is 7.23. The number of ether oxygens (including phenoxy) is 1. The summed E-state index contributed by atoms with van der Waals surface area (Å²) in [6.07, 6.45) is 1.68. The molecule has 0 spiro atoms. The lowest BCUT2D eigenvalue weighted by Crippen LogP contribution is -2.21.